The summed E-state index contributed by atoms with van der Waals surface area (Å²) < 4.78 is 12.5. The van der Waals surface area contributed by atoms with Gasteiger partial charge in [0.2, 0.25) is 5.91 Å². The van der Waals surface area contributed by atoms with E-state index in [1.54, 1.807) is 23.5 Å². The highest BCUT2D eigenvalue weighted by Gasteiger charge is 2.17. The predicted molar refractivity (Wildman–Crippen MR) is 122 cm³/mol. The van der Waals surface area contributed by atoms with E-state index in [1.165, 1.54) is 30.9 Å². The Morgan fingerprint density at radius 2 is 1.97 bits per heavy atom. The van der Waals surface area contributed by atoms with Gasteiger partial charge in [0.25, 0.3) is 0 Å². The van der Waals surface area contributed by atoms with E-state index in [1.807, 2.05) is 11.5 Å². The van der Waals surface area contributed by atoms with Crippen molar-refractivity contribution in [1.29, 1.82) is 0 Å². The first kappa shape index (κ1) is 22.5. The van der Waals surface area contributed by atoms with Crippen molar-refractivity contribution in [1.82, 2.24) is 14.8 Å². The van der Waals surface area contributed by atoms with Gasteiger partial charge in [-0.1, -0.05) is 30.3 Å². The van der Waals surface area contributed by atoms with Gasteiger partial charge in [-0.15, -0.1) is 21.5 Å². The molecule has 1 amide bonds. The second-order valence-corrected chi connectivity index (χ2v) is 8.58. The number of carbonyl (C=O) groups excluding carboxylic acids is 1. The number of nitrogens with one attached hydrogen (secondary N) is 1. The van der Waals surface area contributed by atoms with Crippen molar-refractivity contribution in [2.75, 3.05) is 25.3 Å². The minimum Gasteiger partial charge on any atom is -0.495 e. The van der Waals surface area contributed by atoms with Crippen LogP contribution in [0.15, 0.2) is 28.7 Å². The normalized spacial score (nSPS) is 10.8. The summed E-state index contributed by atoms with van der Waals surface area (Å²) in [5.74, 6) is 1.72. The number of aromatic nitrogens is 3. The molecule has 0 bridgehead atoms. The van der Waals surface area contributed by atoms with Crippen LogP contribution in [0.25, 0.3) is 11.4 Å². The summed E-state index contributed by atoms with van der Waals surface area (Å²) in [7, 11) is 3.03. The van der Waals surface area contributed by atoms with Gasteiger partial charge in [-0.05, 0) is 19.4 Å². The lowest BCUT2D eigenvalue weighted by Gasteiger charge is -2.13. The summed E-state index contributed by atoms with van der Waals surface area (Å²) in [6.07, 6.45) is 0.992. The van der Waals surface area contributed by atoms with Crippen LogP contribution >= 0.6 is 34.7 Å². The zero-order valence-corrected chi connectivity index (χ0v) is 19.6. The largest absolute Gasteiger partial charge is 0.495 e. The summed E-state index contributed by atoms with van der Waals surface area (Å²) in [5.41, 5.74) is 1.55. The van der Waals surface area contributed by atoms with Crippen molar-refractivity contribution in [2.24, 2.45) is 0 Å². The Morgan fingerprint density at radius 3 is 2.60 bits per heavy atom. The van der Waals surface area contributed by atoms with E-state index < -0.39 is 0 Å². The Bertz CT molecular complexity index is 1040. The first-order valence-corrected chi connectivity index (χ1v) is 11.6. The van der Waals surface area contributed by atoms with Gasteiger partial charge in [0, 0.05) is 34.5 Å². The summed E-state index contributed by atoms with van der Waals surface area (Å²) in [6, 6.07) is 5.38. The number of nitrogens with zero attached hydrogens (tertiary/aromatic N) is 3. The molecule has 0 saturated heterocycles. The monoisotopic (exact) mass is 466 g/mol. The second kappa shape index (κ2) is 10.2. The van der Waals surface area contributed by atoms with Crippen molar-refractivity contribution in [3.8, 4) is 22.9 Å². The molecule has 0 spiro atoms. The standard InChI is InChI=1S/C20H23ClN4O3S2/c1-5-13-7-12(10-29-13)19-23-24-20(25(19)6-2)30-11-18(26)22-15-9-16(27-3)14(21)8-17(15)28-4/h7-10H,5-6,11H2,1-4H3,(H,22,26). The number of hydrogen-bond donors (Lipinski definition) is 1. The molecule has 1 N–H and O–H groups in total. The van der Waals surface area contributed by atoms with E-state index in [4.69, 9.17) is 21.1 Å². The van der Waals surface area contributed by atoms with Gasteiger partial charge in [0.15, 0.2) is 11.0 Å². The zero-order chi connectivity index (χ0) is 21.7. The molecule has 0 aliphatic carbocycles. The number of aryl methyl sites for hydroxylation is 1. The highest BCUT2D eigenvalue weighted by atomic mass is 35.5. The molecule has 0 atom stereocenters. The van der Waals surface area contributed by atoms with Crippen molar-refractivity contribution in [2.45, 2.75) is 32.0 Å². The molecule has 2 aromatic heterocycles. The molecule has 2 heterocycles. The third kappa shape index (κ3) is 4.91. The molecule has 160 valence electrons. The van der Waals surface area contributed by atoms with Gasteiger partial charge in [-0.25, -0.2) is 0 Å². The Labute approximate surface area is 188 Å². The molecule has 0 saturated carbocycles. The van der Waals surface area contributed by atoms with Gasteiger partial charge >= 0.3 is 0 Å². The molecule has 0 radical (unpaired) electrons. The molecule has 7 nitrogen and oxygen atoms in total. The predicted octanol–water partition coefficient (Wildman–Crippen LogP) is 4.99. The number of ether oxygens (including phenoxy) is 2. The van der Waals surface area contributed by atoms with Crippen molar-refractivity contribution in [3.05, 3.63) is 33.5 Å². The van der Waals surface area contributed by atoms with Crippen LogP contribution in [0.3, 0.4) is 0 Å². The van der Waals surface area contributed by atoms with E-state index in [9.17, 15) is 4.79 Å². The van der Waals surface area contributed by atoms with E-state index in [0.29, 0.717) is 33.9 Å². The first-order chi connectivity index (χ1) is 14.5. The maximum Gasteiger partial charge on any atom is 0.234 e. The number of carbonyl (C=O) groups is 1. The molecule has 30 heavy (non-hydrogen) atoms. The molecule has 0 aliphatic rings. The molecule has 0 aliphatic heterocycles. The quantitative estimate of drug-likeness (QED) is 0.447. The maximum atomic E-state index is 12.5. The number of benzene rings is 1. The Balaban J connectivity index is 1.71. The van der Waals surface area contributed by atoms with Crippen LogP contribution in [-0.2, 0) is 17.8 Å². The number of thiophene rings is 1. The Morgan fingerprint density at radius 1 is 1.20 bits per heavy atom. The lowest BCUT2D eigenvalue weighted by atomic mass is 10.2. The molecule has 10 heteroatoms. The van der Waals surface area contributed by atoms with Crippen LogP contribution in [0.1, 0.15) is 18.7 Å². The highest BCUT2D eigenvalue weighted by molar-refractivity contribution is 7.99. The fraction of sp³-hybridized carbons (Fsp3) is 0.350. The van der Waals surface area contributed by atoms with Crippen molar-refractivity contribution < 1.29 is 14.3 Å². The smallest absolute Gasteiger partial charge is 0.234 e. The van der Waals surface area contributed by atoms with Gasteiger partial charge < -0.3 is 19.4 Å². The third-order valence-corrected chi connectivity index (χ3v) is 6.72. The van der Waals surface area contributed by atoms with E-state index >= 15 is 0 Å². The minimum absolute atomic E-state index is 0.177. The van der Waals surface area contributed by atoms with Gasteiger partial charge in [-0.2, -0.15) is 0 Å². The fourth-order valence-corrected chi connectivity index (χ4v) is 4.70. The van der Waals surface area contributed by atoms with Gasteiger partial charge in [-0.3, -0.25) is 4.79 Å². The van der Waals surface area contributed by atoms with Crippen LogP contribution < -0.4 is 14.8 Å². The summed E-state index contributed by atoms with van der Waals surface area (Å²) in [5, 5.41) is 14.7. The number of amides is 1. The second-order valence-electron chi connectivity index (χ2n) is 6.23. The Kier molecular flexibility index (Phi) is 7.63. The zero-order valence-electron chi connectivity index (χ0n) is 17.2. The number of methoxy groups -OCH3 is 2. The van der Waals surface area contributed by atoms with Crippen LogP contribution in [0.4, 0.5) is 5.69 Å². The first-order valence-electron chi connectivity index (χ1n) is 9.35. The average molecular weight is 467 g/mol. The van der Waals surface area contributed by atoms with Crippen molar-refractivity contribution in [3.63, 3.8) is 0 Å². The number of rotatable bonds is 9. The molecule has 1 aromatic carbocycles. The minimum atomic E-state index is -0.196. The summed E-state index contributed by atoms with van der Waals surface area (Å²) >= 11 is 9.17. The average Bonchev–Trinajstić information content (AvgIpc) is 3.39. The van der Waals surface area contributed by atoms with Gasteiger partial charge in [0.1, 0.15) is 11.5 Å². The maximum absolute atomic E-state index is 12.5. The Hall–Kier alpha value is -2.23. The van der Waals surface area contributed by atoms with Crippen LogP contribution in [-0.4, -0.2) is 40.6 Å². The van der Waals surface area contributed by atoms with Crippen LogP contribution in [0.5, 0.6) is 11.5 Å². The number of anilines is 1. The molecular formula is C20H23ClN4O3S2. The number of thioether (sulfide) groups is 1. The SMILES string of the molecule is CCc1cc(-c2nnc(SCC(=O)Nc3cc(OC)c(Cl)cc3OC)n2CC)cs1. The molecule has 0 fully saturated rings. The molecular weight excluding hydrogens is 444 g/mol. The third-order valence-electron chi connectivity index (χ3n) is 4.37. The van der Waals surface area contributed by atoms with E-state index in [-0.39, 0.29) is 11.7 Å². The molecule has 3 aromatic rings. The lowest BCUT2D eigenvalue weighted by Crippen LogP contribution is -2.15. The number of hydrogen-bond acceptors (Lipinski definition) is 7. The van der Waals surface area contributed by atoms with E-state index in [0.717, 1.165) is 17.8 Å². The summed E-state index contributed by atoms with van der Waals surface area (Å²) in [4.78, 5) is 13.8. The topological polar surface area (TPSA) is 78.3 Å². The highest BCUT2D eigenvalue weighted by Crippen LogP contribution is 2.36. The van der Waals surface area contributed by atoms with Gasteiger partial charge in [0.05, 0.1) is 30.7 Å². The molecule has 3 rings (SSSR count). The summed E-state index contributed by atoms with van der Waals surface area (Å²) in [6.45, 7) is 4.88. The van der Waals surface area contributed by atoms with E-state index in [2.05, 4.69) is 33.9 Å². The van der Waals surface area contributed by atoms with Crippen LogP contribution in [0, 0.1) is 0 Å². The van der Waals surface area contributed by atoms with Crippen LogP contribution in [0.2, 0.25) is 5.02 Å². The molecule has 0 unspecified atom stereocenters. The van der Waals surface area contributed by atoms with Crippen molar-refractivity contribution >= 4 is 46.3 Å². The lowest BCUT2D eigenvalue weighted by molar-refractivity contribution is -0.113. The number of halogens is 1. The fourth-order valence-electron chi connectivity index (χ4n) is 2.85.